The van der Waals surface area contributed by atoms with Gasteiger partial charge in [0.2, 0.25) is 5.89 Å². The molecule has 1 amide bonds. The molecule has 2 saturated heterocycles. The van der Waals surface area contributed by atoms with E-state index in [0.29, 0.717) is 47.7 Å². The highest BCUT2D eigenvalue weighted by molar-refractivity contribution is 6.31. The number of carbonyl (C=O) groups excluding carboxylic acids is 1. The number of nitrogen functional groups attached to an aromatic ring is 1. The maximum atomic E-state index is 13.9. The van der Waals surface area contributed by atoms with Crippen LogP contribution >= 0.6 is 23.2 Å². The van der Waals surface area contributed by atoms with Crippen LogP contribution in [0.5, 0.6) is 0 Å². The number of piperidine rings is 1. The topological polar surface area (TPSA) is 130 Å². The van der Waals surface area contributed by atoms with Gasteiger partial charge in [-0.2, -0.15) is 0 Å². The number of piperazine rings is 1. The molecule has 0 aliphatic carbocycles. The number of carbonyl (C=O) groups is 1. The van der Waals surface area contributed by atoms with Gasteiger partial charge in [-0.25, -0.2) is 19.3 Å². The van der Waals surface area contributed by atoms with Crippen molar-refractivity contribution in [1.29, 1.82) is 0 Å². The molecular formula is C25H30Cl2FN9O2. The van der Waals surface area contributed by atoms with E-state index >= 15 is 0 Å². The number of rotatable bonds is 6. The zero-order valence-corrected chi connectivity index (χ0v) is 23.3. The Hall–Kier alpha value is -3.09. The van der Waals surface area contributed by atoms with Crippen molar-refractivity contribution in [1.82, 2.24) is 34.9 Å². The summed E-state index contributed by atoms with van der Waals surface area (Å²) in [6.07, 6.45) is 5.29. The lowest BCUT2D eigenvalue weighted by molar-refractivity contribution is 0.0481. The second-order valence-corrected chi connectivity index (χ2v) is 10.6. The van der Waals surface area contributed by atoms with Crippen LogP contribution < -0.4 is 10.6 Å². The van der Waals surface area contributed by atoms with Crippen molar-refractivity contribution in [2.45, 2.75) is 51.6 Å². The second kappa shape index (κ2) is 11.6. The van der Waals surface area contributed by atoms with E-state index in [-0.39, 0.29) is 28.3 Å². The number of aryl methyl sites for hydroxylation is 1. The van der Waals surface area contributed by atoms with Gasteiger partial charge in [-0.3, -0.25) is 9.69 Å². The van der Waals surface area contributed by atoms with E-state index in [0.717, 1.165) is 51.4 Å². The number of amides is 1. The van der Waals surface area contributed by atoms with Gasteiger partial charge in [0.1, 0.15) is 11.5 Å². The Bertz CT molecular complexity index is 1350. The third-order valence-electron chi connectivity index (χ3n) is 7.32. The molecular weight excluding hydrogens is 548 g/mol. The van der Waals surface area contributed by atoms with Crippen LogP contribution in [0.4, 0.5) is 16.0 Å². The number of nitrogens with zero attached hydrogens (tertiary/aromatic N) is 8. The minimum Gasteiger partial charge on any atom is -0.420 e. The highest BCUT2D eigenvalue weighted by atomic mass is 35.5. The van der Waals surface area contributed by atoms with E-state index in [9.17, 15) is 9.18 Å². The van der Waals surface area contributed by atoms with E-state index < -0.39 is 5.82 Å². The molecule has 39 heavy (non-hydrogen) atoms. The Morgan fingerprint density at radius 3 is 2.59 bits per heavy atom. The maximum absolute atomic E-state index is 13.9. The summed E-state index contributed by atoms with van der Waals surface area (Å²) in [5.74, 6) is 0.228. The highest BCUT2D eigenvalue weighted by Gasteiger charge is 2.36. The van der Waals surface area contributed by atoms with E-state index in [4.69, 9.17) is 33.4 Å². The SMILES string of the molecule is CCC[C@H]1CN(c2ncc(-c3nnc(C)o3)nc2Cl)CCN1C1CCN(C(=O)c2cc(F)c(Cl)nc2N)CC1. The molecule has 2 aliphatic rings. The molecule has 11 nitrogen and oxygen atoms in total. The summed E-state index contributed by atoms with van der Waals surface area (Å²) in [6, 6.07) is 1.70. The molecule has 0 bridgehead atoms. The Labute approximate surface area is 235 Å². The van der Waals surface area contributed by atoms with Crippen molar-refractivity contribution in [2.24, 2.45) is 0 Å². The molecule has 0 unspecified atom stereocenters. The summed E-state index contributed by atoms with van der Waals surface area (Å²) < 4.78 is 19.4. The van der Waals surface area contributed by atoms with E-state index in [1.165, 1.54) is 0 Å². The molecule has 2 aliphatic heterocycles. The van der Waals surface area contributed by atoms with Crippen LogP contribution in [0.25, 0.3) is 11.6 Å². The molecule has 2 N–H and O–H groups in total. The van der Waals surface area contributed by atoms with Crippen LogP contribution in [-0.4, -0.2) is 85.7 Å². The average molecular weight is 578 g/mol. The largest absolute Gasteiger partial charge is 0.420 e. The Morgan fingerprint density at radius 2 is 1.92 bits per heavy atom. The fourth-order valence-corrected chi connectivity index (χ4v) is 5.83. The summed E-state index contributed by atoms with van der Waals surface area (Å²) in [6.45, 7) is 7.36. The molecule has 1 atom stereocenters. The molecule has 3 aromatic heterocycles. The summed E-state index contributed by atoms with van der Waals surface area (Å²) >= 11 is 12.2. The third-order valence-corrected chi connectivity index (χ3v) is 7.84. The second-order valence-electron chi connectivity index (χ2n) is 9.84. The van der Waals surface area contributed by atoms with Gasteiger partial charge in [0.25, 0.3) is 11.8 Å². The van der Waals surface area contributed by atoms with E-state index in [1.807, 2.05) is 0 Å². The fourth-order valence-electron chi connectivity index (χ4n) is 5.43. The molecule has 5 heterocycles. The van der Waals surface area contributed by atoms with Crippen molar-refractivity contribution in [3.8, 4) is 11.6 Å². The lowest BCUT2D eigenvalue weighted by Crippen LogP contribution is -2.59. The van der Waals surface area contributed by atoms with Crippen molar-refractivity contribution < 1.29 is 13.6 Å². The lowest BCUT2D eigenvalue weighted by atomic mass is 9.97. The van der Waals surface area contributed by atoms with Crippen LogP contribution in [0.2, 0.25) is 10.3 Å². The number of aromatic nitrogens is 5. The summed E-state index contributed by atoms with van der Waals surface area (Å²) in [7, 11) is 0. The van der Waals surface area contributed by atoms with Crippen LogP contribution in [0.1, 0.15) is 48.9 Å². The fraction of sp³-hybridized carbons (Fsp3) is 0.520. The van der Waals surface area contributed by atoms with Crippen molar-refractivity contribution >= 4 is 40.7 Å². The zero-order valence-electron chi connectivity index (χ0n) is 21.8. The molecule has 3 aromatic rings. The number of anilines is 2. The van der Waals surface area contributed by atoms with Crippen LogP contribution in [-0.2, 0) is 0 Å². The molecule has 0 radical (unpaired) electrons. The Balaban J connectivity index is 1.23. The van der Waals surface area contributed by atoms with Gasteiger partial charge < -0.3 is 20.0 Å². The normalized spacial score (nSPS) is 19.1. The Kier molecular flexibility index (Phi) is 8.15. The van der Waals surface area contributed by atoms with Crippen molar-refractivity contribution in [2.75, 3.05) is 43.4 Å². The smallest absolute Gasteiger partial charge is 0.267 e. The summed E-state index contributed by atoms with van der Waals surface area (Å²) in [5.41, 5.74) is 6.34. The molecule has 5 rings (SSSR count). The van der Waals surface area contributed by atoms with Gasteiger partial charge in [0.05, 0.1) is 11.8 Å². The van der Waals surface area contributed by atoms with Crippen LogP contribution in [0, 0.1) is 12.7 Å². The van der Waals surface area contributed by atoms with Gasteiger partial charge in [0, 0.05) is 51.7 Å². The summed E-state index contributed by atoms with van der Waals surface area (Å²) in [4.78, 5) is 32.2. The first-order valence-electron chi connectivity index (χ1n) is 13.0. The number of pyridine rings is 1. The van der Waals surface area contributed by atoms with Crippen molar-refractivity contribution in [3.63, 3.8) is 0 Å². The van der Waals surface area contributed by atoms with Gasteiger partial charge in [-0.05, 0) is 25.3 Å². The third kappa shape index (κ3) is 5.78. The minimum atomic E-state index is -0.756. The molecule has 0 saturated carbocycles. The first kappa shape index (κ1) is 27.5. The first-order valence-corrected chi connectivity index (χ1v) is 13.7. The number of halogens is 3. The molecule has 0 aromatic carbocycles. The first-order chi connectivity index (χ1) is 18.7. The minimum absolute atomic E-state index is 0.0473. The maximum Gasteiger partial charge on any atom is 0.267 e. The zero-order chi connectivity index (χ0) is 27.7. The highest BCUT2D eigenvalue weighted by Crippen LogP contribution is 2.30. The van der Waals surface area contributed by atoms with Gasteiger partial charge in [-0.1, -0.05) is 36.5 Å². The molecule has 2 fully saturated rings. The predicted molar refractivity (Wildman–Crippen MR) is 145 cm³/mol. The van der Waals surface area contributed by atoms with Crippen molar-refractivity contribution in [3.05, 3.63) is 39.8 Å². The lowest BCUT2D eigenvalue weighted by Gasteiger charge is -2.48. The average Bonchev–Trinajstić information content (AvgIpc) is 3.37. The van der Waals surface area contributed by atoms with E-state index in [2.05, 4.69) is 41.9 Å². The molecule has 14 heteroatoms. The molecule has 0 spiro atoms. The number of hydrogen-bond donors (Lipinski definition) is 1. The Morgan fingerprint density at radius 1 is 1.15 bits per heavy atom. The van der Waals surface area contributed by atoms with Crippen LogP contribution in [0.15, 0.2) is 16.7 Å². The number of nitrogens with two attached hydrogens (primary N) is 1. The summed E-state index contributed by atoms with van der Waals surface area (Å²) in [5, 5.41) is 7.78. The van der Waals surface area contributed by atoms with E-state index in [1.54, 1.807) is 18.0 Å². The standard InChI is InChI=1S/C25H30Cl2FN9O2/c1-3-4-16-13-36(23-21(27)31-19(12-30-23)24-34-33-14(2)39-24)9-10-37(16)15-5-7-35(8-6-15)25(38)17-11-18(28)20(26)32-22(17)29/h11-12,15-16H,3-10,13H2,1-2H3,(H2,29,32)/t16-/m0/s1. The predicted octanol–water partition coefficient (Wildman–Crippen LogP) is 3.85. The molecule has 208 valence electrons. The quantitative estimate of drug-likeness (QED) is 0.431. The van der Waals surface area contributed by atoms with Gasteiger partial charge in [-0.15, -0.1) is 10.2 Å². The number of likely N-dealkylation sites (tertiary alicyclic amines) is 1. The monoisotopic (exact) mass is 577 g/mol. The van der Waals surface area contributed by atoms with Crippen LogP contribution in [0.3, 0.4) is 0 Å². The van der Waals surface area contributed by atoms with Gasteiger partial charge >= 0.3 is 0 Å². The van der Waals surface area contributed by atoms with Gasteiger partial charge in [0.15, 0.2) is 21.9 Å². The number of hydrogen-bond acceptors (Lipinski definition) is 10.